The van der Waals surface area contributed by atoms with Crippen LogP contribution in [0.3, 0.4) is 0 Å². The van der Waals surface area contributed by atoms with Crippen molar-refractivity contribution in [2.45, 2.75) is 203 Å². The number of ether oxygens (including phenoxy) is 1. The number of carbonyl (C=O) groups is 20. The Morgan fingerprint density at radius 1 is 0.553 bits per heavy atom. The zero-order valence-corrected chi connectivity index (χ0v) is 62.9. The van der Waals surface area contributed by atoms with Crippen LogP contribution in [0.4, 0.5) is 5.69 Å². The number of primary amides is 1. The fourth-order valence-corrected chi connectivity index (χ4v) is 11.6. The average molecular weight is 1610 g/mol. The van der Waals surface area contributed by atoms with Crippen molar-refractivity contribution in [1.29, 1.82) is 0 Å². The van der Waals surface area contributed by atoms with Gasteiger partial charge in [0.25, 0.3) is 0 Å². The predicted molar refractivity (Wildman–Crippen MR) is 396 cm³/mol. The minimum Gasteiger partial charge on any atom is -0.481 e. The maximum Gasteiger partial charge on any atom is 0.329 e. The molecule has 43 nitrogen and oxygen atoms in total. The quantitative estimate of drug-likeness (QED) is 0.0115. The van der Waals surface area contributed by atoms with Crippen LogP contribution < -0.4 is 86.3 Å². The van der Waals surface area contributed by atoms with E-state index in [4.69, 9.17) is 21.9 Å². The zero-order valence-electron chi connectivity index (χ0n) is 62.9. The van der Waals surface area contributed by atoms with Crippen molar-refractivity contribution in [3.63, 3.8) is 0 Å². The number of nitrogens with two attached hydrogens (primary N) is 3. The number of Topliss-reactive ketones (excluding diaryl/α,β-unsaturated/α-hetero) is 1. The number of rotatable bonds is 34. The van der Waals surface area contributed by atoms with Gasteiger partial charge in [0.15, 0.2) is 5.78 Å². The number of carbonyl (C=O) groups excluding carboxylic acids is 16. The van der Waals surface area contributed by atoms with Crippen LogP contribution in [0.2, 0.25) is 0 Å². The summed E-state index contributed by atoms with van der Waals surface area (Å²) in [7, 11) is 0. The van der Waals surface area contributed by atoms with Gasteiger partial charge in [-0.3, -0.25) is 91.1 Å². The highest BCUT2D eigenvalue weighted by Crippen LogP contribution is 2.21. The third-order valence-corrected chi connectivity index (χ3v) is 17.6. The highest BCUT2D eigenvalue weighted by Gasteiger charge is 2.41. The number of H-pyrrole nitrogens is 1. The molecule has 3 aromatic rings. The number of aromatic amines is 1. The van der Waals surface area contributed by atoms with E-state index in [1.165, 1.54) is 24.3 Å². The van der Waals surface area contributed by atoms with Crippen molar-refractivity contribution in [2.24, 2.45) is 17.4 Å². The number of benzene rings is 2. The lowest BCUT2D eigenvalue weighted by molar-refractivity contribution is -0.156. The van der Waals surface area contributed by atoms with Gasteiger partial charge in [0.05, 0.1) is 51.8 Å². The summed E-state index contributed by atoms with van der Waals surface area (Å²) in [5.74, 6) is -29.7. The van der Waals surface area contributed by atoms with E-state index in [1.807, 2.05) is 22.9 Å². The van der Waals surface area contributed by atoms with E-state index in [0.717, 1.165) is 46.5 Å². The Morgan fingerprint density at radius 2 is 1.10 bits per heavy atom. The number of carboxylic acids is 4. The summed E-state index contributed by atoms with van der Waals surface area (Å²) in [6.07, 6.45) is -3.47. The van der Waals surface area contributed by atoms with Crippen LogP contribution >= 0.6 is 0 Å². The molecule has 1 aliphatic rings. The monoisotopic (exact) mass is 1610 g/mol. The van der Waals surface area contributed by atoms with Crippen molar-refractivity contribution in [1.82, 2.24) is 74.1 Å². The predicted octanol–water partition coefficient (Wildman–Crippen LogP) is -6.01. The number of aliphatic hydroxyl groups is 1. The molecule has 4 rings (SSSR count). The molecule has 1 fully saturated rings. The number of anilines is 1. The third kappa shape index (κ3) is 31.6. The summed E-state index contributed by atoms with van der Waals surface area (Å²) in [6.45, 7) is 1.08. The number of nitrogen functional groups attached to an aromatic ring is 1. The second-order valence-electron chi connectivity index (χ2n) is 26.9. The molecule has 0 saturated carbocycles. The standard InChI is InChI=1S/C71H99N17O26/c1-5-6-7-8-9-10-21-52(92)80-43(24-37-30-75-41-19-14-12-16-38(37)41)65(107)83-44(26-51(74)91)66(108)85-47(29-58(101)102)67(109)88-60-36(4)114-71(113)48(25-50(90)39-17-11-13-18-40(39)73)86-70(112)59(34(2)23-55(95)96)87-68(110)49(33-89)81-54(94)31-76-62(104)45(27-56(97)98)82-61(103)35(3)78-64(106)46(28-57(99)100)84-63(105)42(20-15-22-72)79-53(93)32-77-69(60)111/h11-14,16-19,30,34-36,42-49,59-60,75,89H,5-10,15,20-29,31-33,72-73H2,1-4H3,(H2,74,91)(H,76,104)(H,77,111)(H,78,106)(H,79,93)(H,80,92)(H,81,94)(H,82,103)(H,83,107)(H,84,105)(H,85,108)(H,86,112)(H,87,110)(H,88,109)(H,95,96)(H,97,98)(H,99,100)(H,101,102)/t34-,35-,36-,42+,43+,44+,45+,46+,47+,48+,49-,59+,60+/m1/s1. The van der Waals surface area contributed by atoms with Crippen LogP contribution in [0.5, 0.6) is 0 Å². The lowest BCUT2D eigenvalue weighted by Gasteiger charge is -2.30. The Morgan fingerprint density at radius 3 is 1.70 bits per heavy atom. The summed E-state index contributed by atoms with van der Waals surface area (Å²) in [6, 6.07) is -10.5. The minimum atomic E-state index is -2.45. The van der Waals surface area contributed by atoms with Gasteiger partial charge in [0.1, 0.15) is 72.6 Å². The average Bonchev–Trinajstić information content (AvgIpc) is 1.76. The summed E-state index contributed by atoms with van der Waals surface area (Å²) in [4.78, 5) is 276. The summed E-state index contributed by atoms with van der Waals surface area (Å²) in [5.41, 5.74) is 18.1. The Kier molecular flexibility index (Phi) is 38.5. The molecule has 2 aromatic carbocycles. The number of cyclic esters (lactones) is 1. The molecule has 1 saturated heterocycles. The van der Waals surface area contributed by atoms with Gasteiger partial charge in [-0.15, -0.1) is 0 Å². The molecule has 1 aromatic heterocycles. The van der Waals surface area contributed by atoms with Crippen molar-refractivity contribution in [3.05, 3.63) is 65.9 Å². The SMILES string of the molecule is CCCCCCCCC(=O)N[C@@H](Cc1c[nH]c2ccccc12)C(=O)N[C@@H](CC(N)=O)C(=O)N[C@@H](CC(=O)O)C(=O)N[C@@H]1C(=O)NCC(=O)N[C@@H](CCCN)C(=O)N[C@@H](CC(=O)O)C(=O)N[C@H](C)C(=O)N[C@@H](CC(=O)O)C(=O)NCC(=O)N[C@H](CO)C(=O)N[C@@H]([C@H](C)CC(=O)O)C(=O)N[C@@H](CC(=O)c2ccccc2N)C(=O)O[C@@H]1C. The molecule has 0 aliphatic carbocycles. The van der Waals surface area contributed by atoms with Crippen LogP contribution in [0.15, 0.2) is 54.7 Å². The largest absolute Gasteiger partial charge is 0.481 e. The van der Waals surface area contributed by atoms with Gasteiger partial charge in [0, 0.05) is 47.6 Å². The normalized spacial score (nSPS) is 21.3. The number of nitrogens with one attached hydrogen (secondary N) is 14. The molecule has 1 aliphatic heterocycles. The Balaban J connectivity index is 1.88. The van der Waals surface area contributed by atoms with E-state index < -0.39 is 261 Å². The molecular formula is C71H99N17O26. The third-order valence-electron chi connectivity index (χ3n) is 17.6. The molecule has 624 valence electrons. The molecule has 0 unspecified atom stereocenters. The van der Waals surface area contributed by atoms with Gasteiger partial charge in [0.2, 0.25) is 82.7 Å². The second-order valence-corrected chi connectivity index (χ2v) is 26.9. The fourth-order valence-electron chi connectivity index (χ4n) is 11.6. The first-order valence-electron chi connectivity index (χ1n) is 36.3. The summed E-state index contributed by atoms with van der Waals surface area (Å²) < 4.78 is 5.68. The van der Waals surface area contributed by atoms with Gasteiger partial charge >= 0.3 is 29.8 Å². The van der Waals surface area contributed by atoms with E-state index >= 15 is 0 Å². The Hall–Kier alpha value is -12.7. The topological polar surface area (TPSA) is 702 Å². The van der Waals surface area contributed by atoms with E-state index in [-0.39, 0.29) is 37.1 Å². The number of fused-ring (bicyclic) bond motifs is 1. The number of carboxylic acid groups (broad SMARTS) is 4. The van der Waals surface area contributed by atoms with E-state index in [9.17, 15) is 121 Å². The number of aliphatic hydroxyl groups excluding tert-OH is 1. The molecule has 0 radical (unpaired) electrons. The van der Waals surface area contributed by atoms with Gasteiger partial charge < -0.3 is 122 Å². The van der Waals surface area contributed by atoms with Crippen molar-refractivity contribution >= 4 is 135 Å². The number of hydrogen-bond acceptors (Lipinski definition) is 24. The number of aliphatic carboxylic acids is 4. The summed E-state index contributed by atoms with van der Waals surface area (Å²) >= 11 is 0. The maximum absolute atomic E-state index is 14.8. The van der Waals surface area contributed by atoms with Crippen LogP contribution in [-0.2, 0) is 102 Å². The zero-order chi connectivity index (χ0) is 85.1. The van der Waals surface area contributed by atoms with Gasteiger partial charge in [-0.25, -0.2) is 4.79 Å². The molecule has 13 atom stereocenters. The lowest BCUT2D eigenvalue weighted by Crippen LogP contribution is -2.62. The van der Waals surface area contributed by atoms with Crippen molar-refractivity contribution < 1.29 is 126 Å². The number of ketones is 1. The molecule has 0 spiro atoms. The second kappa shape index (κ2) is 46.8. The van der Waals surface area contributed by atoms with Crippen LogP contribution in [-0.4, -0.2) is 248 Å². The highest BCUT2D eigenvalue weighted by molar-refractivity contribution is 6.05. The molecule has 43 heteroatoms. The minimum absolute atomic E-state index is 0.0202. The summed E-state index contributed by atoms with van der Waals surface area (Å²) in [5, 5.41) is 78.6. The lowest BCUT2D eigenvalue weighted by atomic mass is 9.96. The fraction of sp³-hybridized carbons (Fsp3) is 0.521. The molecule has 0 bridgehead atoms. The molecule has 114 heavy (non-hydrogen) atoms. The number of para-hydroxylation sites is 2. The van der Waals surface area contributed by atoms with Gasteiger partial charge in [-0.2, -0.15) is 0 Å². The highest BCUT2D eigenvalue weighted by atomic mass is 16.5. The first-order chi connectivity index (χ1) is 53.9. The molecule has 14 amide bonds. The molecule has 2 heterocycles. The van der Waals surface area contributed by atoms with Crippen LogP contribution in [0, 0.1) is 5.92 Å². The van der Waals surface area contributed by atoms with Crippen LogP contribution in [0.1, 0.15) is 140 Å². The first kappa shape index (κ1) is 93.7. The van der Waals surface area contributed by atoms with Gasteiger partial charge in [-0.05, 0) is 69.3 Å². The van der Waals surface area contributed by atoms with Crippen molar-refractivity contribution in [2.75, 3.05) is 32.0 Å². The van der Waals surface area contributed by atoms with Crippen molar-refractivity contribution in [3.8, 4) is 0 Å². The van der Waals surface area contributed by atoms with Crippen LogP contribution in [0.25, 0.3) is 10.9 Å². The number of hydrogen-bond donors (Lipinski definition) is 22. The Bertz CT molecular complexity index is 4020. The first-order valence-corrected chi connectivity index (χ1v) is 36.3. The number of unbranched alkanes of at least 4 members (excludes halogenated alkanes) is 5. The van der Waals surface area contributed by atoms with E-state index in [2.05, 4.69) is 58.2 Å². The maximum atomic E-state index is 14.8. The van der Waals surface area contributed by atoms with E-state index in [1.54, 1.807) is 30.5 Å². The Labute approximate surface area is 651 Å². The molecule has 25 N–H and O–H groups in total. The number of esters is 1. The molecular weight excluding hydrogens is 1510 g/mol. The van der Waals surface area contributed by atoms with E-state index in [0.29, 0.717) is 29.3 Å². The van der Waals surface area contributed by atoms with Gasteiger partial charge in [-0.1, -0.05) is 76.3 Å². The number of amides is 14. The smallest absolute Gasteiger partial charge is 0.329 e. The number of aromatic nitrogens is 1.